The third kappa shape index (κ3) is 3.30. The lowest BCUT2D eigenvalue weighted by Crippen LogP contribution is -2.29. The first-order chi connectivity index (χ1) is 11.0. The minimum Gasteiger partial charge on any atom is -0.365 e. The number of Topliss-reactive ketones (excluding diaryl/α,β-unsaturated/α-hetero) is 1. The average Bonchev–Trinajstić information content (AvgIpc) is 3.37. The Morgan fingerprint density at radius 3 is 1.91 bits per heavy atom. The summed E-state index contributed by atoms with van der Waals surface area (Å²) in [6, 6.07) is -0.940. The first-order valence-electron chi connectivity index (χ1n) is 7.20. The molecule has 1 aliphatic carbocycles. The van der Waals surface area contributed by atoms with E-state index in [-0.39, 0.29) is 11.6 Å². The summed E-state index contributed by atoms with van der Waals surface area (Å²) in [6.45, 7) is 5.41. The molecule has 3 fully saturated rings. The van der Waals surface area contributed by atoms with Crippen LogP contribution in [0.5, 0.6) is 0 Å². The largest absolute Gasteiger partial charge is 0.365 e. The van der Waals surface area contributed by atoms with E-state index < -0.39 is 6.03 Å². The Morgan fingerprint density at radius 2 is 1.52 bits per heavy atom. The lowest BCUT2D eigenvalue weighted by atomic mass is 10.0. The van der Waals surface area contributed by atoms with Crippen LogP contribution in [-0.4, -0.2) is 71.6 Å². The molecule has 122 valence electrons. The molecule has 3 N–H and O–H groups in total. The summed E-state index contributed by atoms with van der Waals surface area (Å²) in [5, 5.41) is 1.96. The van der Waals surface area contributed by atoms with Crippen LogP contribution in [0.4, 0.5) is 4.79 Å². The number of carbonyl (C=O) groups excluding carboxylic acids is 3. The highest BCUT2D eigenvalue weighted by molar-refractivity contribution is 6.22. The SMILES string of the molecule is NC(=O)NN=O.O=C1C=C(N2CC2)C(=O)C(N2CC2)=C1N1CC1. The number of hydrogen-bond donors (Lipinski definition) is 2. The van der Waals surface area contributed by atoms with Gasteiger partial charge in [0.25, 0.3) is 0 Å². The van der Waals surface area contributed by atoms with E-state index >= 15 is 0 Å². The molecule has 3 heterocycles. The fraction of sp³-hybridized carbons (Fsp3) is 0.462. The van der Waals surface area contributed by atoms with Gasteiger partial charge in [-0.3, -0.25) is 9.59 Å². The van der Waals surface area contributed by atoms with Crippen LogP contribution in [0, 0.1) is 4.91 Å². The van der Waals surface area contributed by atoms with Crippen LogP contribution in [0.25, 0.3) is 0 Å². The van der Waals surface area contributed by atoms with E-state index in [4.69, 9.17) is 4.91 Å². The number of nitrogens with zero attached hydrogens (tertiary/aromatic N) is 4. The topological polar surface area (TPSA) is 128 Å². The van der Waals surface area contributed by atoms with Gasteiger partial charge in [-0.05, 0) is 0 Å². The van der Waals surface area contributed by atoms with Crippen molar-refractivity contribution in [3.8, 4) is 0 Å². The molecule has 4 aliphatic rings. The lowest BCUT2D eigenvalue weighted by Gasteiger charge is -2.21. The number of nitroso groups, excluding NO2 is 1. The Morgan fingerprint density at radius 1 is 1.00 bits per heavy atom. The number of nitrogens with two attached hydrogens (primary N) is 1. The van der Waals surface area contributed by atoms with Gasteiger partial charge >= 0.3 is 6.03 Å². The number of primary amides is 1. The Balaban J connectivity index is 0.000000227. The van der Waals surface area contributed by atoms with Crippen molar-refractivity contribution in [2.24, 2.45) is 11.0 Å². The molecular weight excluding hydrogens is 304 g/mol. The third-order valence-corrected chi connectivity index (χ3v) is 3.64. The molecular formula is C13H16N6O4. The zero-order valence-electron chi connectivity index (χ0n) is 12.3. The summed E-state index contributed by atoms with van der Waals surface area (Å²) in [5.74, 6) is 0.0485. The zero-order valence-corrected chi connectivity index (χ0v) is 12.3. The Bertz CT molecular complexity index is 643. The molecule has 10 nitrogen and oxygen atoms in total. The third-order valence-electron chi connectivity index (χ3n) is 3.64. The molecule has 10 heteroatoms. The van der Waals surface area contributed by atoms with E-state index in [2.05, 4.69) is 5.73 Å². The highest BCUT2D eigenvalue weighted by Crippen LogP contribution is 2.33. The molecule has 0 unspecified atom stereocenters. The minimum atomic E-state index is -0.940. The van der Waals surface area contributed by atoms with Gasteiger partial charge in [0.2, 0.25) is 11.6 Å². The maximum absolute atomic E-state index is 12.4. The molecule has 2 amide bonds. The number of amides is 2. The molecule has 0 atom stereocenters. The van der Waals surface area contributed by atoms with Crippen molar-refractivity contribution in [3.63, 3.8) is 0 Å². The zero-order chi connectivity index (χ0) is 16.6. The van der Waals surface area contributed by atoms with Crippen molar-refractivity contribution in [1.29, 1.82) is 0 Å². The summed E-state index contributed by atoms with van der Waals surface area (Å²) in [4.78, 5) is 48.8. The monoisotopic (exact) mass is 320 g/mol. The molecule has 0 bridgehead atoms. The maximum Gasteiger partial charge on any atom is 0.335 e. The van der Waals surface area contributed by atoms with E-state index in [0.717, 1.165) is 39.3 Å². The van der Waals surface area contributed by atoms with E-state index in [1.54, 1.807) is 0 Å². The number of allylic oxidation sites excluding steroid dienone is 1. The van der Waals surface area contributed by atoms with E-state index in [0.29, 0.717) is 17.1 Å². The second kappa shape index (κ2) is 5.71. The van der Waals surface area contributed by atoms with Crippen molar-refractivity contribution in [2.45, 2.75) is 0 Å². The molecule has 3 saturated heterocycles. The lowest BCUT2D eigenvalue weighted by molar-refractivity contribution is -0.117. The average molecular weight is 320 g/mol. The van der Waals surface area contributed by atoms with E-state index in [9.17, 15) is 14.4 Å². The minimum absolute atomic E-state index is 0.00546. The van der Waals surface area contributed by atoms with Crippen molar-refractivity contribution < 1.29 is 14.4 Å². The van der Waals surface area contributed by atoms with Gasteiger partial charge in [0.05, 0.1) is 11.0 Å². The molecule has 0 radical (unpaired) electrons. The van der Waals surface area contributed by atoms with Gasteiger partial charge in [-0.1, -0.05) is 0 Å². The molecule has 4 rings (SSSR count). The number of carbonyl (C=O) groups is 3. The van der Waals surface area contributed by atoms with Gasteiger partial charge in [0, 0.05) is 45.3 Å². The maximum atomic E-state index is 12.4. The van der Waals surface area contributed by atoms with Crippen LogP contribution < -0.4 is 11.2 Å². The van der Waals surface area contributed by atoms with E-state index in [1.165, 1.54) is 11.5 Å². The summed E-state index contributed by atoms with van der Waals surface area (Å²) < 4.78 is 0. The van der Waals surface area contributed by atoms with E-state index in [1.807, 2.05) is 20.0 Å². The van der Waals surface area contributed by atoms with Crippen LogP contribution >= 0.6 is 0 Å². The molecule has 0 aromatic carbocycles. The van der Waals surface area contributed by atoms with Gasteiger partial charge in [0.15, 0.2) is 0 Å². The second-order valence-corrected chi connectivity index (χ2v) is 5.45. The molecule has 0 aromatic heterocycles. The van der Waals surface area contributed by atoms with Crippen LogP contribution in [0.1, 0.15) is 0 Å². The van der Waals surface area contributed by atoms with Crippen molar-refractivity contribution >= 4 is 17.6 Å². The van der Waals surface area contributed by atoms with Gasteiger partial charge in [-0.15, -0.1) is 4.91 Å². The van der Waals surface area contributed by atoms with Gasteiger partial charge in [-0.25, -0.2) is 4.79 Å². The normalized spacial score (nSPS) is 21.4. The highest BCUT2D eigenvalue weighted by atomic mass is 16.3. The fourth-order valence-electron chi connectivity index (χ4n) is 2.32. The smallest absolute Gasteiger partial charge is 0.335 e. The van der Waals surface area contributed by atoms with Crippen LogP contribution in [-0.2, 0) is 9.59 Å². The predicted molar refractivity (Wildman–Crippen MR) is 78.4 cm³/mol. The number of hydrogen-bond acceptors (Lipinski definition) is 8. The summed E-state index contributed by atoms with van der Waals surface area (Å²) in [5.41, 5.74) is 7.66. The second-order valence-electron chi connectivity index (χ2n) is 5.45. The Kier molecular flexibility index (Phi) is 3.72. The molecule has 0 spiro atoms. The fourth-order valence-corrected chi connectivity index (χ4v) is 2.32. The summed E-state index contributed by atoms with van der Waals surface area (Å²) >= 11 is 0. The summed E-state index contributed by atoms with van der Waals surface area (Å²) in [7, 11) is 0. The first kappa shape index (κ1) is 15.0. The number of rotatable bonds is 4. The predicted octanol–water partition coefficient (Wildman–Crippen LogP) is -1.48. The molecule has 0 aromatic rings. The van der Waals surface area contributed by atoms with Crippen LogP contribution in [0.2, 0.25) is 0 Å². The number of nitrogens with one attached hydrogen (secondary N) is 1. The van der Waals surface area contributed by atoms with Crippen LogP contribution in [0.3, 0.4) is 0 Å². The summed E-state index contributed by atoms with van der Waals surface area (Å²) in [6.07, 6.45) is 1.52. The standard InChI is InChI=1S/C12H13N3O2.CH3N3O2/c16-9-7-8(13-1-2-13)12(17)11(15-5-6-15)10(9)14-3-4-14;2-1(5)3-4-6/h7H,1-6H2;(H3,2,3,5,6). The number of ketones is 2. The molecule has 3 aliphatic heterocycles. The highest BCUT2D eigenvalue weighted by Gasteiger charge is 2.43. The number of urea groups is 1. The van der Waals surface area contributed by atoms with Crippen LogP contribution in [0.15, 0.2) is 28.5 Å². The van der Waals surface area contributed by atoms with Gasteiger partial charge in [0.1, 0.15) is 11.4 Å². The van der Waals surface area contributed by atoms with Crippen molar-refractivity contribution in [3.05, 3.63) is 28.1 Å². The quantitative estimate of drug-likeness (QED) is 0.280. The Labute approximate surface area is 131 Å². The van der Waals surface area contributed by atoms with Crippen molar-refractivity contribution in [2.75, 3.05) is 39.3 Å². The first-order valence-corrected chi connectivity index (χ1v) is 7.20. The molecule has 23 heavy (non-hydrogen) atoms. The molecule has 0 saturated carbocycles. The van der Waals surface area contributed by atoms with Gasteiger partial charge in [-0.2, -0.15) is 5.43 Å². The van der Waals surface area contributed by atoms with Gasteiger partial charge < -0.3 is 20.4 Å². The Hall–Kier alpha value is -2.91. The van der Waals surface area contributed by atoms with Crippen molar-refractivity contribution in [1.82, 2.24) is 20.1 Å².